The van der Waals surface area contributed by atoms with E-state index < -0.39 is 47.7 Å². The molecule has 0 unspecified atom stereocenters. The quantitative estimate of drug-likeness (QED) is 0.405. The molecule has 0 aromatic heterocycles. The summed E-state index contributed by atoms with van der Waals surface area (Å²) in [5.41, 5.74) is 0.000579. The molecule has 1 heterocycles. The lowest BCUT2D eigenvalue weighted by Crippen LogP contribution is -2.58. The molecular formula is C30H31F3N2O7. The molecule has 0 spiro atoms. The van der Waals surface area contributed by atoms with Crippen molar-refractivity contribution < 1.29 is 47.2 Å². The largest absolute Gasteiger partial charge is 0.493 e. The number of benzene rings is 2. The van der Waals surface area contributed by atoms with Gasteiger partial charge in [0.2, 0.25) is 5.91 Å². The van der Waals surface area contributed by atoms with Gasteiger partial charge in [-0.2, -0.15) is 13.2 Å². The first-order valence-corrected chi connectivity index (χ1v) is 13.7. The van der Waals surface area contributed by atoms with Gasteiger partial charge in [0.1, 0.15) is 18.5 Å². The number of carbonyl (C=O) groups is 3. The zero-order chi connectivity index (χ0) is 30.2. The van der Waals surface area contributed by atoms with Crippen molar-refractivity contribution in [2.24, 2.45) is 0 Å². The molecule has 0 saturated heterocycles. The number of amides is 2. The van der Waals surface area contributed by atoms with E-state index >= 15 is 0 Å². The van der Waals surface area contributed by atoms with Crippen molar-refractivity contribution in [2.45, 2.75) is 62.1 Å². The first-order chi connectivity index (χ1) is 20.1. The molecule has 0 radical (unpaired) electrons. The number of aliphatic hydroxyl groups is 2. The summed E-state index contributed by atoms with van der Waals surface area (Å²) in [7, 11) is 1.39. The molecule has 5 rings (SSSR count). The number of hydrogen-bond donors (Lipinski definition) is 3. The highest BCUT2D eigenvalue weighted by Gasteiger charge is 2.52. The molecule has 2 aromatic rings. The lowest BCUT2D eigenvalue weighted by Gasteiger charge is -2.43. The van der Waals surface area contributed by atoms with Crippen LogP contribution in [0.15, 0.2) is 48.0 Å². The van der Waals surface area contributed by atoms with E-state index in [0.717, 1.165) is 37.1 Å². The third-order valence-corrected chi connectivity index (χ3v) is 8.14. The van der Waals surface area contributed by atoms with Crippen LogP contribution >= 0.6 is 0 Å². The maximum Gasteiger partial charge on any atom is 0.416 e. The molecule has 2 aliphatic carbocycles. The molecule has 2 amide bonds. The van der Waals surface area contributed by atoms with Crippen LogP contribution in [-0.2, 0) is 11.0 Å². The van der Waals surface area contributed by atoms with Crippen LogP contribution in [0.3, 0.4) is 0 Å². The Morgan fingerprint density at radius 3 is 2.45 bits per heavy atom. The number of nitrogens with one attached hydrogen (secondary N) is 1. The number of methoxy groups -OCH3 is 1. The van der Waals surface area contributed by atoms with Crippen LogP contribution in [0.2, 0.25) is 0 Å². The Bertz CT molecular complexity index is 1390. The lowest BCUT2D eigenvalue weighted by molar-refractivity contribution is -0.137. The van der Waals surface area contributed by atoms with E-state index in [1.807, 2.05) is 0 Å². The van der Waals surface area contributed by atoms with Crippen molar-refractivity contribution in [1.29, 1.82) is 0 Å². The molecule has 42 heavy (non-hydrogen) atoms. The average molecular weight is 589 g/mol. The SMILES string of the molecule is COc1cc(C=O)cc2c1O[C@@H]1[C@@H](O)[C@H](N(C(=O)c3ccc(C(F)(F)F)cc3)C3CCCC3)C=C(C(=O)NCCO)[C@H]21. The lowest BCUT2D eigenvalue weighted by atomic mass is 9.76. The number of fused-ring (bicyclic) bond motifs is 3. The summed E-state index contributed by atoms with van der Waals surface area (Å²) < 4.78 is 51.2. The molecule has 12 heteroatoms. The molecule has 224 valence electrons. The zero-order valence-electron chi connectivity index (χ0n) is 22.8. The van der Waals surface area contributed by atoms with Crippen molar-refractivity contribution in [2.75, 3.05) is 20.3 Å². The van der Waals surface area contributed by atoms with E-state index in [4.69, 9.17) is 9.47 Å². The molecule has 0 bridgehead atoms. The van der Waals surface area contributed by atoms with Crippen LogP contribution in [0, 0.1) is 0 Å². The predicted molar refractivity (Wildman–Crippen MR) is 143 cm³/mol. The summed E-state index contributed by atoms with van der Waals surface area (Å²) in [6.07, 6.45) is -1.99. The third-order valence-electron chi connectivity index (χ3n) is 8.14. The van der Waals surface area contributed by atoms with Crippen LogP contribution in [-0.4, -0.2) is 77.8 Å². The maximum absolute atomic E-state index is 14.0. The van der Waals surface area contributed by atoms with Crippen molar-refractivity contribution >= 4 is 18.1 Å². The van der Waals surface area contributed by atoms with Gasteiger partial charge in [-0.1, -0.05) is 12.8 Å². The van der Waals surface area contributed by atoms with Gasteiger partial charge in [-0.05, 0) is 55.3 Å². The fourth-order valence-corrected chi connectivity index (χ4v) is 6.21. The van der Waals surface area contributed by atoms with E-state index in [-0.39, 0.29) is 47.4 Å². The van der Waals surface area contributed by atoms with Gasteiger partial charge in [0.05, 0.1) is 31.2 Å². The normalized spacial score (nSPS) is 23.3. The van der Waals surface area contributed by atoms with Crippen molar-refractivity contribution in [1.82, 2.24) is 10.2 Å². The Labute approximate surface area is 239 Å². The molecule has 9 nitrogen and oxygen atoms in total. The number of alkyl halides is 3. The Kier molecular flexibility index (Phi) is 8.29. The Morgan fingerprint density at radius 1 is 1.17 bits per heavy atom. The highest BCUT2D eigenvalue weighted by molar-refractivity contribution is 5.98. The molecule has 2 aromatic carbocycles. The highest BCUT2D eigenvalue weighted by atomic mass is 19.4. The first-order valence-electron chi connectivity index (χ1n) is 13.7. The summed E-state index contributed by atoms with van der Waals surface area (Å²) >= 11 is 0. The van der Waals surface area contributed by atoms with Crippen LogP contribution in [0.5, 0.6) is 11.5 Å². The van der Waals surface area contributed by atoms with Crippen LogP contribution in [0.25, 0.3) is 0 Å². The van der Waals surface area contributed by atoms with Crippen LogP contribution < -0.4 is 14.8 Å². The van der Waals surface area contributed by atoms with Crippen molar-refractivity contribution in [3.63, 3.8) is 0 Å². The highest BCUT2D eigenvalue weighted by Crippen LogP contribution is 2.51. The van der Waals surface area contributed by atoms with Gasteiger partial charge in [0.25, 0.3) is 5.91 Å². The number of aldehydes is 1. The molecule has 4 atom stereocenters. The second-order valence-corrected chi connectivity index (χ2v) is 10.6. The van der Waals surface area contributed by atoms with Crippen molar-refractivity contribution in [3.8, 4) is 11.5 Å². The van der Waals surface area contributed by atoms with E-state index in [9.17, 15) is 37.8 Å². The van der Waals surface area contributed by atoms with Gasteiger partial charge in [0.15, 0.2) is 11.5 Å². The van der Waals surface area contributed by atoms with E-state index in [1.54, 1.807) is 6.07 Å². The minimum Gasteiger partial charge on any atom is -0.493 e. The molecule has 1 aliphatic heterocycles. The Balaban J connectivity index is 1.60. The number of ether oxygens (including phenoxy) is 2. The van der Waals surface area contributed by atoms with Crippen LogP contribution in [0.1, 0.15) is 63.4 Å². The Morgan fingerprint density at radius 2 is 1.86 bits per heavy atom. The number of nitrogens with zero attached hydrogens (tertiary/aromatic N) is 1. The average Bonchev–Trinajstić information content (AvgIpc) is 3.65. The van der Waals surface area contributed by atoms with E-state index in [2.05, 4.69) is 5.32 Å². The second kappa shape index (κ2) is 11.8. The van der Waals surface area contributed by atoms with Crippen molar-refractivity contribution in [3.05, 3.63) is 70.3 Å². The minimum atomic E-state index is -4.57. The fourth-order valence-electron chi connectivity index (χ4n) is 6.21. The number of hydrogen-bond acceptors (Lipinski definition) is 7. The summed E-state index contributed by atoms with van der Waals surface area (Å²) in [6, 6.07) is 5.52. The Hall–Kier alpha value is -3.90. The second-order valence-electron chi connectivity index (χ2n) is 10.6. The summed E-state index contributed by atoms with van der Waals surface area (Å²) in [4.78, 5) is 40.5. The number of halogens is 3. The van der Waals surface area contributed by atoms with Crippen LogP contribution in [0.4, 0.5) is 13.2 Å². The standard InChI is InChI=1S/C30H31F3N2O7/c1-41-23-13-16(15-37)12-20-24-21(28(39)34-10-11-36)14-22(25(38)27(24)42-26(20)23)35(19-4-2-3-5-19)29(40)17-6-8-18(9-7-17)30(31,32)33/h6-9,12-15,19,22,24-25,27,36,38H,2-5,10-11H2,1H3,(H,34,39)/t22-,24+,25+,27+/m1/s1. The topological polar surface area (TPSA) is 125 Å². The van der Waals surface area contributed by atoms with Gasteiger partial charge in [-0.3, -0.25) is 14.4 Å². The van der Waals surface area contributed by atoms with E-state index in [1.165, 1.54) is 24.2 Å². The first kappa shape index (κ1) is 29.6. The summed E-state index contributed by atoms with van der Waals surface area (Å²) in [5.74, 6) is -1.49. The van der Waals surface area contributed by atoms with Gasteiger partial charge < -0.3 is 29.9 Å². The van der Waals surface area contributed by atoms with Gasteiger partial charge in [-0.15, -0.1) is 0 Å². The third kappa shape index (κ3) is 5.36. The number of carbonyl (C=O) groups excluding carboxylic acids is 3. The monoisotopic (exact) mass is 588 g/mol. The molecular weight excluding hydrogens is 557 g/mol. The molecule has 3 N–H and O–H groups in total. The minimum absolute atomic E-state index is 0.0109. The van der Waals surface area contributed by atoms with Gasteiger partial charge in [0, 0.05) is 34.9 Å². The smallest absolute Gasteiger partial charge is 0.416 e. The van der Waals surface area contributed by atoms with E-state index in [0.29, 0.717) is 24.7 Å². The van der Waals surface area contributed by atoms with Gasteiger partial charge in [-0.25, -0.2) is 0 Å². The molecule has 1 fully saturated rings. The molecule has 1 saturated carbocycles. The number of rotatable bonds is 8. The fraction of sp³-hybridized carbons (Fsp3) is 0.433. The summed E-state index contributed by atoms with van der Waals surface area (Å²) in [6.45, 7) is -0.376. The predicted octanol–water partition coefficient (Wildman–Crippen LogP) is 3.23. The maximum atomic E-state index is 14.0. The summed E-state index contributed by atoms with van der Waals surface area (Å²) in [5, 5.41) is 23.7. The molecule has 3 aliphatic rings. The van der Waals surface area contributed by atoms with Gasteiger partial charge >= 0.3 is 6.18 Å². The number of aliphatic hydroxyl groups excluding tert-OH is 2. The zero-order valence-corrected chi connectivity index (χ0v) is 22.8.